The number of H-pyrrole nitrogens is 1. The number of hydrogen-bond acceptors (Lipinski definition) is 9. The first-order valence-electron chi connectivity index (χ1n) is 19.7. The molecule has 5 N–H and O–H groups in total. The van der Waals surface area contributed by atoms with Crippen LogP contribution in [0, 0.1) is 5.92 Å². The van der Waals surface area contributed by atoms with Gasteiger partial charge in [0.15, 0.2) is 6.10 Å². The van der Waals surface area contributed by atoms with E-state index >= 15 is 0 Å². The number of aromatic nitrogens is 1. The summed E-state index contributed by atoms with van der Waals surface area (Å²) in [5.41, 5.74) is 3.28. The van der Waals surface area contributed by atoms with Crippen LogP contribution in [0.1, 0.15) is 77.7 Å². The molecule has 0 spiro atoms. The summed E-state index contributed by atoms with van der Waals surface area (Å²) in [6.07, 6.45) is 4.26. The monoisotopic (exact) mass is 779 g/mol. The van der Waals surface area contributed by atoms with Gasteiger partial charge in [0.2, 0.25) is 11.3 Å². The lowest BCUT2D eigenvalue weighted by atomic mass is 9.83. The van der Waals surface area contributed by atoms with Crippen molar-refractivity contribution < 1.29 is 33.8 Å². The SMILES string of the molecule is O=C(NC(c1ccsc1)c1cccc(OCCCCCCNC[C@H](O)c2ccc(O)c3[nH]c(=O)ccc23)c1)O[C@H]1C[N+]2(CC(=O)c3ccccc3)CCC1CC2. The van der Waals surface area contributed by atoms with E-state index in [1.807, 2.05) is 71.4 Å². The van der Waals surface area contributed by atoms with Crippen molar-refractivity contribution in [3.05, 3.63) is 128 Å². The molecule has 3 aliphatic heterocycles. The fourth-order valence-electron chi connectivity index (χ4n) is 8.26. The predicted octanol–water partition coefficient (Wildman–Crippen LogP) is 6.87. The summed E-state index contributed by atoms with van der Waals surface area (Å²) in [5.74, 6) is 1.16. The lowest BCUT2D eigenvalue weighted by Gasteiger charge is -2.51. The highest BCUT2D eigenvalue weighted by molar-refractivity contribution is 7.08. The number of aromatic hydroxyl groups is 1. The zero-order chi connectivity index (χ0) is 38.9. The number of amides is 1. The molecule has 2 bridgehead atoms. The van der Waals surface area contributed by atoms with E-state index in [1.54, 1.807) is 23.5 Å². The number of carbonyl (C=O) groups is 2. The van der Waals surface area contributed by atoms with Gasteiger partial charge in [-0.1, -0.05) is 61.4 Å². The Morgan fingerprint density at radius 1 is 0.929 bits per heavy atom. The number of fused-ring (bicyclic) bond motifs is 4. The van der Waals surface area contributed by atoms with E-state index in [4.69, 9.17) is 9.47 Å². The van der Waals surface area contributed by atoms with E-state index in [0.717, 1.165) is 80.6 Å². The molecule has 11 nitrogen and oxygen atoms in total. The number of alkyl carbamates (subject to hydrolysis) is 1. The number of piperidine rings is 3. The number of nitrogens with one attached hydrogen (secondary N) is 3. The fourth-order valence-corrected chi connectivity index (χ4v) is 8.95. The van der Waals surface area contributed by atoms with Crippen LogP contribution in [-0.4, -0.2) is 83.5 Å². The molecule has 8 rings (SSSR count). The van der Waals surface area contributed by atoms with Crippen LogP contribution >= 0.6 is 11.3 Å². The lowest BCUT2D eigenvalue weighted by molar-refractivity contribution is -0.938. The summed E-state index contributed by atoms with van der Waals surface area (Å²) >= 11 is 1.58. The number of Topliss-reactive ketones (excluding diaryl/α,β-unsaturated/α-hetero) is 1. The molecule has 0 saturated carbocycles. The van der Waals surface area contributed by atoms with Gasteiger partial charge in [0.25, 0.3) is 0 Å². The van der Waals surface area contributed by atoms with Crippen LogP contribution in [0.5, 0.6) is 11.5 Å². The minimum atomic E-state index is -0.782. The lowest BCUT2D eigenvalue weighted by Crippen LogP contribution is -2.66. The third kappa shape index (κ3) is 9.67. The fraction of sp³-hybridized carbons (Fsp3) is 0.386. The number of aliphatic hydroxyl groups is 1. The molecule has 5 heterocycles. The largest absolute Gasteiger partial charge is 0.506 e. The number of unbranched alkanes of at least 4 members (excludes halogenated alkanes) is 3. The van der Waals surface area contributed by atoms with Crippen LogP contribution in [-0.2, 0) is 4.74 Å². The maximum atomic E-state index is 13.5. The molecule has 2 aromatic heterocycles. The van der Waals surface area contributed by atoms with Crippen molar-refractivity contribution in [3.8, 4) is 11.5 Å². The van der Waals surface area contributed by atoms with Crippen LogP contribution < -0.4 is 20.9 Å². The van der Waals surface area contributed by atoms with Crippen LogP contribution in [0.15, 0.2) is 100 Å². The zero-order valence-electron chi connectivity index (χ0n) is 31.5. The summed E-state index contributed by atoms with van der Waals surface area (Å²) < 4.78 is 13.0. The number of ether oxygens (including phenoxy) is 2. The second-order valence-corrected chi connectivity index (χ2v) is 16.0. The molecular formula is C44H51N4O7S+. The number of thiophene rings is 1. The number of hydrogen-bond donors (Lipinski definition) is 5. The van der Waals surface area contributed by atoms with Gasteiger partial charge in [-0.3, -0.25) is 9.59 Å². The smallest absolute Gasteiger partial charge is 0.408 e. The third-order valence-electron chi connectivity index (χ3n) is 11.3. The van der Waals surface area contributed by atoms with Crippen LogP contribution in [0.3, 0.4) is 0 Å². The number of aliphatic hydroxyl groups excluding tert-OH is 1. The highest BCUT2D eigenvalue weighted by Gasteiger charge is 2.48. The van der Waals surface area contributed by atoms with Crippen molar-refractivity contribution in [1.29, 1.82) is 0 Å². The molecule has 294 valence electrons. The van der Waals surface area contributed by atoms with Crippen molar-refractivity contribution >= 4 is 34.1 Å². The molecule has 1 amide bonds. The Morgan fingerprint density at radius 2 is 1.75 bits per heavy atom. The van der Waals surface area contributed by atoms with Gasteiger partial charge in [-0.05, 0) is 77.2 Å². The van der Waals surface area contributed by atoms with E-state index in [0.29, 0.717) is 53.1 Å². The molecule has 5 aromatic rings. The molecule has 3 atom stereocenters. The van der Waals surface area contributed by atoms with E-state index in [-0.39, 0.29) is 23.2 Å². The maximum absolute atomic E-state index is 13.5. The van der Waals surface area contributed by atoms with E-state index < -0.39 is 18.2 Å². The first-order valence-corrected chi connectivity index (χ1v) is 20.6. The Kier molecular flexibility index (Phi) is 12.8. The van der Waals surface area contributed by atoms with Crippen molar-refractivity contribution in [2.75, 3.05) is 45.9 Å². The van der Waals surface area contributed by atoms with E-state index in [2.05, 4.69) is 15.6 Å². The molecule has 1 unspecified atom stereocenters. The Morgan fingerprint density at radius 3 is 2.55 bits per heavy atom. The second-order valence-electron chi connectivity index (χ2n) is 15.2. The van der Waals surface area contributed by atoms with E-state index in [1.165, 1.54) is 12.1 Å². The van der Waals surface area contributed by atoms with Gasteiger partial charge in [0, 0.05) is 42.3 Å². The molecule has 3 aromatic carbocycles. The Bertz CT molecular complexity index is 2130. The van der Waals surface area contributed by atoms with Crippen molar-refractivity contribution in [2.45, 2.75) is 56.8 Å². The van der Waals surface area contributed by atoms with Crippen molar-refractivity contribution in [1.82, 2.24) is 15.6 Å². The Labute approximate surface area is 330 Å². The first kappa shape index (κ1) is 39.2. The molecule has 56 heavy (non-hydrogen) atoms. The maximum Gasteiger partial charge on any atom is 0.408 e. The van der Waals surface area contributed by atoms with Crippen LogP contribution in [0.25, 0.3) is 10.9 Å². The zero-order valence-corrected chi connectivity index (χ0v) is 32.3. The number of quaternary nitrogens is 1. The minimum Gasteiger partial charge on any atom is -0.506 e. The summed E-state index contributed by atoms with van der Waals surface area (Å²) in [6, 6.07) is 25.1. The molecule has 3 saturated heterocycles. The number of benzene rings is 3. The highest BCUT2D eigenvalue weighted by atomic mass is 32.1. The van der Waals surface area contributed by atoms with Crippen molar-refractivity contribution in [3.63, 3.8) is 0 Å². The number of phenolic OH excluding ortho intramolecular Hbond substituents is 1. The van der Waals surface area contributed by atoms with Gasteiger partial charge in [-0.15, -0.1) is 0 Å². The van der Waals surface area contributed by atoms with Gasteiger partial charge in [-0.25, -0.2) is 4.79 Å². The average molecular weight is 780 g/mol. The summed E-state index contributed by atoms with van der Waals surface area (Å²) in [6.45, 7) is 4.64. The quantitative estimate of drug-likeness (QED) is 0.0368. The normalized spacial score (nSPS) is 20.0. The number of nitrogens with zero attached hydrogens (tertiary/aromatic N) is 1. The van der Waals surface area contributed by atoms with Crippen molar-refractivity contribution in [2.24, 2.45) is 5.92 Å². The molecule has 0 radical (unpaired) electrons. The summed E-state index contributed by atoms with van der Waals surface area (Å²) in [4.78, 5) is 41.0. The Hall–Kier alpha value is -5.01. The van der Waals surface area contributed by atoms with Gasteiger partial charge in [0.05, 0.1) is 37.4 Å². The number of carbonyl (C=O) groups excluding carboxylic acids is 2. The molecular weight excluding hydrogens is 729 g/mol. The molecule has 3 aliphatic rings. The summed E-state index contributed by atoms with van der Waals surface area (Å²) in [5, 5.41) is 32.0. The first-order chi connectivity index (χ1) is 27.3. The van der Waals surface area contributed by atoms with Gasteiger partial charge >= 0.3 is 6.09 Å². The number of aromatic amines is 1. The number of phenols is 1. The number of rotatable bonds is 18. The standard InChI is InChI=1S/C44H50N4O7S/c49-37-15-13-35(36-14-16-41(52)46-43(36)37)38(50)26-45-20-6-1-2-7-23-54-34-12-8-11-32(25-34)42(33-19-24-56-29-33)47-44(53)55-40-28-48(21-17-31(40)18-22-48)27-39(51)30-9-4-3-5-10-30/h3-5,8-16,19,24-25,29,31,38,40,42,45,50H,1-2,6-7,17-18,20-23,26-28H2,(H2-,46,47,49,52,53)/p+1/t31?,38-,40-,42?,48?/m0/s1. The van der Waals surface area contributed by atoms with Gasteiger partial charge in [-0.2, -0.15) is 11.3 Å². The summed E-state index contributed by atoms with van der Waals surface area (Å²) in [7, 11) is 0. The highest BCUT2D eigenvalue weighted by Crippen LogP contribution is 2.36. The van der Waals surface area contributed by atoms with Gasteiger partial charge < -0.3 is 39.8 Å². The second kappa shape index (κ2) is 18.3. The molecule has 12 heteroatoms. The molecule has 3 fully saturated rings. The third-order valence-corrected chi connectivity index (χ3v) is 12.0. The number of ketones is 1. The van der Waals surface area contributed by atoms with Crippen LogP contribution in [0.2, 0.25) is 0 Å². The number of pyridine rings is 1. The van der Waals surface area contributed by atoms with Crippen LogP contribution in [0.4, 0.5) is 4.79 Å². The topological polar surface area (TPSA) is 150 Å². The minimum absolute atomic E-state index is 0.0272. The van der Waals surface area contributed by atoms with Gasteiger partial charge in [0.1, 0.15) is 24.6 Å². The predicted molar refractivity (Wildman–Crippen MR) is 217 cm³/mol. The molecule has 0 aliphatic carbocycles. The Balaban J connectivity index is 0.851. The van der Waals surface area contributed by atoms with E-state index in [9.17, 15) is 24.6 Å². The average Bonchev–Trinajstić information content (AvgIpc) is 3.75.